The quantitative estimate of drug-likeness (QED) is 0.782. The van der Waals surface area contributed by atoms with Gasteiger partial charge < -0.3 is 25.2 Å². The van der Waals surface area contributed by atoms with Gasteiger partial charge in [-0.1, -0.05) is 0 Å². The van der Waals surface area contributed by atoms with Gasteiger partial charge in [0.25, 0.3) is 5.91 Å². The van der Waals surface area contributed by atoms with E-state index in [1.54, 1.807) is 18.3 Å². The molecule has 0 spiro atoms. The van der Waals surface area contributed by atoms with Gasteiger partial charge in [0.2, 0.25) is 11.8 Å². The van der Waals surface area contributed by atoms with Crippen LogP contribution in [0, 0.1) is 5.92 Å². The van der Waals surface area contributed by atoms with Crippen molar-refractivity contribution in [2.75, 3.05) is 23.8 Å². The van der Waals surface area contributed by atoms with Gasteiger partial charge in [-0.25, -0.2) is 15.0 Å². The first-order valence-electron chi connectivity index (χ1n) is 9.43. The lowest BCUT2D eigenvalue weighted by atomic mass is 9.87. The summed E-state index contributed by atoms with van der Waals surface area (Å²) in [6.07, 6.45) is 5.32. The Morgan fingerprint density at radius 3 is 2.69 bits per heavy atom. The van der Waals surface area contributed by atoms with E-state index in [9.17, 15) is 9.59 Å². The Morgan fingerprint density at radius 1 is 1.21 bits per heavy atom. The van der Waals surface area contributed by atoms with Crippen molar-refractivity contribution in [3.63, 3.8) is 0 Å². The second-order valence-corrected chi connectivity index (χ2v) is 7.03. The lowest BCUT2D eigenvalue weighted by Crippen LogP contribution is -2.33. The van der Waals surface area contributed by atoms with Gasteiger partial charge in [-0.3, -0.25) is 9.59 Å². The van der Waals surface area contributed by atoms with Gasteiger partial charge in [0.1, 0.15) is 30.4 Å². The van der Waals surface area contributed by atoms with Crippen LogP contribution in [-0.4, -0.2) is 51.2 Å². The summed E-state index contributed by atoms with van der Waals surface area (Å²) in [4.78, 5) is 37.7. The number of pyridine rings is 1. The minimum Gasteiger partial charge on any atom is -0.481 e. The maximum absolute atomic E-state index is 12.9. The first-order chi connectivity index (χ1) is 14.0. The molecule has 1 saturated carbocycles. The first-order valence-corrected chi connectivity index (χ1v) is 9.43. The summed E-state index contributed by atoms with van der Waals surface area (Å²) in [5.74, 6) is -0.704. The molecule has 2 aromatic rings. The summed E-state index contributed by atoms with van der Waals surface area (Å²) in [7, 11) is 0. The van der Waals surface area contributed by atoms with Gasteiger partial charge in [0.15, 0.2) is 0 Å². The van der Waals surface area contributed by atoms with Crippen molar-refractivity contribution in [1.29, 1.82) is 0 Å². The lowest BCUT2D eigenvalue weighted by molar-refractivity contribution is -0.143. The highest BCUT2D eigenvalue weighted by Gasteiger charge is 2.29. The number of nitrogen functional groups attached to an aromatic ring is 1. The molecule has 0 bridgehead atoms. The SMILES string of the molecule is Nc1ncnc2c1C(=O)N(c1ccc(O[C@H]3CC[C@H](C(=O)O)CC3)nc1)CCO2. The topological polar surface area (TPSA) is 141 Å². The summed E-state index contributed by atoms with van der Waals surface area (Å²) in [5, 5.41) is 9.08. The van der Waals surface area contributed by atoms with Gasteiger partial charge in [0, 0.05) is 6.07 Å². The predicted octanol–water partition coefficient (Wildman–Crippen LogP) is 1.52. The minimum absolute atomic E-state index is 0.0546. The number of amides is 1. The number of carboxylic acids is 1. The van der Waals surface area contributed by atoms with Crippen molar-refractivity contribution in [2.45, 2.75) is 31.8 Å². The molecule has 0 saturated heterocycles. The molecule has 1 aliphatic heterocycles. The number of fused-ring (bicyclic) bond motifs is 1. The zero-order chi connectivity index (χ0) is 20.4. The maximum atomic E-state index is 12.9. The van der Waals surface area contributed by atoms with Gasteiger partial charge in [-0.05, 0) is 31.7 Å². The number of anilines is 2. The molecule has 3 heterocycles. The summed E-state index contributed by atoms with van der Waals surface area (Å²) >= 11 is 0. The monoisotopic (exact) mass is 399 g/mol. The molecule has 0 unspecified atom stereocenters. The zero-order valence-electron chi connectivity index (χ0n) is 15.7. The van der Waals surface area contributed by atoms with E-state index in [1.165, 1.54) is 11.2 Å². The van der Waals surface area contributed by atoms with Crippen LogP contribution in [0.3, 0.4) is 0 Å². The number of nitrogens with two attached hydrogens (primary N) is 1. The van der Waals surface area contributed by atoms with E-state index >= 15 is 0 Å². The largest absolute Gasteiger partial charge is 0.481 e. The van der Waals surface area contributed by atoms with E-state index in [-0.39, 0.29) is 41.8 Å². The Balaban J connectivity index is 1.45. The minimum atomic E-state index is -0.746. The highest BCUT2D eigenvalue weighted by molar-refractivity contribution is 6.10. The van der Waals surface area contributed by atoms with Crippen LogP contribution in [0.25, 0.3) is 0 Å². The molecule has 2 aromatic heterocycles. The molecule has 152 valence electrons. The molecule has 1 amide bonds. The molecule has 29 heavy (non-hydrogen) atoms. The fourth-order valence-corrected chi connectivity index (χ4v) is 3.61. The molecule has 0 aromatic carbocycles. The van der Waals surface area contributed by atoms with E-state index in [0.29, 0.717) is 43.8 Å². The van der Waals surface area contributed by atoms with Crippen LogP contribution in [0.2, 0.25) is 0 Å². The maximum Gasteiger partial charge on any atom is 0.306 e. The third-order valence-corrected chi connectivity index (χ3v) is 5.20. The number of carbonyl (C=O) groups excluding carboxylic acids is 1. The summed E-state index contributed by atoms with van der Waals surface area (Å²) in [5.41, 5.74) is 6.57. The number of aliphatic carboxylic acids is 1. The normalized spacial score (nSPS) is 21.7. The molecule has 0 atom stereocenters. The zero-order valence-corrected chi connectivity index (χ0v) is 15.7. The molecular formula is C19H21N5O5. The van der Waals surface area contributed by atoms with Crippen LogP contribution >= 0.6 is 0 Å². The molecule has 3 N–H and O–H groups in total. The van der Waals surface area contributed by atoms with Crippen LogP contribution in [0.15, 0.2) is 24.7 Å². The highest BCUT2D eigenvalue weighted by Crippen LogP contribution is 2.29. The van der Waals surface area contributed by atoms with E-state index < -0.39 is 5.97 Å². The fraction of sp³-hybridized carbons (Fsp3) is 0.421. The van der Waals surface area contributed by atoms with Crippen LogP contribution in [0.5, 0.6) is 11.8 Å². The Labute approximate surface area is 166 Å². The molecule has 10 heteroatoms. The van der Waals surface area contributed by atoms with Crippen LogP contribution in [0.1, 0.15) is 36.0 Å². The second-order valence-electron chi connectivity index (χ2n) is 7.03. The Hall–Kier alpha value is -3.43. The number of ether oxygens (including phenoxy) is 2. The highest BCUT2D eigenvalue weighted by atomic mass is 16.5. The van der Waals surface area contributed by atoms with Crippen LogP contribution < -0.4 is 20.1 Å². The van der Waals surface area contributed by atoms with Crippen LogP contribution in [-0.2, 0) is 4.79 Å². The third kappa shape index (κ3) is 3.91. The van der Waals surface area contributed by atoms with Crippen LogP contribution in [0.4, 0.5) is 11.5 Å². The van der Waals surface area contributed by atoms with Gasteiger partial charge in [-0.15, -0.1) is 0 Å². The van der Waals surface area contributed by atoms with E-state index in [1.807, 2.05) is 0 Å². The predicted molar refractivity (Wildman–Crippen MR) is 102 cm³/mol. The standard InChI is InChI=1S/C19H21N5O5/c20-16-15-17(23-10-22-16)28-8-7-24(18(15)25)12-3-6-14(21-9-12)29-13-4-1-11(2-5-13)19(26)27/h3,6,9-11,13H,1-2,4-5,7-8H2,(H,26,27)(H2,20,22,23)/t11-,13-. The number of hydrogen-bond acceptors (Lipinski definition) is 8. The number of rotatable bonds is 4. The third-order valence-electron chi connectivity index (χ3n) is 5.20. The second kappa shape index (κ2) is 7.90. The van der Waals surface area contributed by atoms with Crippen molar-refractivity contribution in [3.05, 3.63) is 30.2 Å². The van der Waals surface area contributed by atoms with E-state index in [4.69, 9.17) is 20.3 Å². The van der Waals surface area contributed by atoms with Crippen molar-refractivity contribution in [1.82, 2.24) is 15.0 Å². The summed E-state index contributed by atoms with van der Waals surface area (Å²) in [6.45, 7) is 0.579. The molecule has 10 nitrogen and oxygen atoms in total. The lowest BCUT2D eigenvalue weighted by Gasteiger charge is -2.26. The van der Waals surface area contributed by atoms with Gasteiger partial charge in [-0.2, -0.15) is 0 Å². The van der Waals surface area contributed by atoms with Crippen molar-refractivity contribution >= 4 is 23.4 Å². The number of carboxylic acid groups (broad SMARTS) is 1. The Bertz CT molecular complexity index is 912. The number of carbonyl (C=O) groups is 2. The number of aromatic nitrogens is 3. The fourth-order valence-electron chi connectivity index (χ4n) is 3.61. The van der Waals surface area contributed by atoms with Crippen molar-refractivity contribution in [3.8, 4) is 11.8 Å². The summed E-state index contributed by atoms with van der Waals surface area (Å²) in [6, 6.07) is 3.44. The van der Waals surface area contributed by atoms with Gasteiger partial charge in [0.05, 0.1) is 24.3 Å². The molecule has 2 aliphatic rings. The number of hydrogen-bond donors (Lipinski definition) is 2. The Morgan fingerprint density at radius 2 is 2.00 bits per heavy atom. The Kier molecular flexibility index (Phi) is 5.15. The molecule has 4 rings (SSSR count). The van der Waals surface area contributed by atoms with E-state index in [2.05, 4.69) is 15.0 Å². The smallest absolute Gasteiger partial charge is 0.306 e. The van der Waals surface area contributed by atoms with Gasteiger partial charge >= 0.3 is 5.97 Å². The molecule has 1 aliphatic carbocycles. The van der Waals surface area contributed by atoms with E-state index in [0.717, 1.165) is 0 Å². The van der Waals surface area contributed by atoms with Crippen molar-refractivity contribution in [2.24, 2.45) is 5.92 Å². The molecule has 1 fully saturated rings. The molecular weight excluding hydrogens is 378 g/mol. The van der Waals surface area contributed by atoms with Crippen molar-refractivity contribution < 1.29 is 24.2 Å². The average Bonchev–Trinajstić information content (AvgIpc) is 2.89. The average molecular weight is 399 g/mol. The first kappa shape index (κ1) is 18.9. The number of nitrogens with zero attached hydrogens (tertiary/aromatic N) is 4. The summed E-state index contributed by atoms with van der Waals surface area (Å²) < 4.78 is 11.4. The molecule has 0 radical (unpaired) electrons.